The molecule has 4 rings (SSSR count). The molecule has 0 N–H and O–H groups in total. The molecule has 27 heavy (non-hydrogen) atoms. The zero-order chi connectivity index (χ0) is 19.0. The van der Waals surface area contributed by atoms with Crippen LogP contribution in [0.25, 0.3) is 17.4 Å². The van der Waals surface area contributed by atoms with E-state index in [1.807, 2.05) is 55.5 Å². The third-order valence-corrected chi connectivity index (χ3v) is 5.80. The molecule has 4 nitrogen and oxygen atoms in total. The van der Waals surface area contributed by atoms with Crippen molar-refractivity contribution in [2.45, 2.75) is 6.92 Å². The lowest BCUT2D eigenvalue weighted by Gasteiger charge is -2.02. The molecule has 1 aliphatic rings. The van der Waals surface area contributed by atoms with Gasteiger partial charge in [-0.3, -0.25) is 0 Å². The molecule has 0 atom stereocenters. The molecule has 2 heterocycles. The summed E-state index contributed by atoms with van der Waals surface area (Å²) in [5, 5.41) is 0. The Kier molecular flexibility index (Phi) is 5.01. The second-order valence-corrected chi connectivity index (χ2v) is 8.09. The number of nitrogens with zero attached hydrogens (tertiary/aromatic N) is 1. The van der Waals surface area contributed by atoms with Crippen LogP contribution in [-0.2, 0) is 9.53 Å². The van der Waals surface area contributed by atoms with Crippen LogP contribution in [0.3, 0.4) is 0 Å². The molecule has 3 aromatic rings. The molecule has 0 spiro atoms. The summed E-state index contributed by atoms with van der Waals surface area (Å²) in [6, 6.07) is 17.3. The summed E-state index contributed by atoms with van der Waals surface area (Å²) in [6.45, 7) is 2.01. The molecule has 1 aromatic heterocycles. The van der Waals surface area contributed by atoms with E-state index in [4.69, 9.17) is 9.15 Å². The lowest BCUT2D eigenvalue weighted by molar-refractivity contribution is -0.129. The number of hydrogen-bond acceptors (Lipinski definition) is 4. The highest BCUT2D eigenvalue weighted by Gasteiger charge is 2.25. The van der Waals surface area contributed by atoms with Gasteiger partial charge < -0.3 is 9.15 Å². The standard InChI is InChI=1S/C21H13BrINO3/c1-12-10-14(4-8-17(12)23)20-24-18(21(25)27-20)11-16-7-9-19(26-16)13-2-5-15(22)6-3-13/h2-11H,1H3/b18-11-. The van der Waals surface area contributed by atoms with Gasteiger partial charge >= 0.3 is 5.97 Å². The Balaban J connectivity index is 1.62. The highest BCUT2D eigenvalue weighted by Crippen LogP contribution is 2.26. The summed E-state index contributed by atoms with van der Waals surface area (Å²) in [5.41, 5.74) is 3.06. The Labute approximate surface area is 178 Å². The first-order chi connectivity index (χ1) is 13.0. The first-order valence-electron chi connectivity index (χ1n) is 8.14. The van der Waals surface area contributed by atoms with Gasteiger partial charge in [0.2, 0.25) is 5.90 Å². The van der Waals surface area contributed by atoms with Crippen LogP contribution in [0, 0.1) is 10.5 Å². The van der Waals surface area contributed by atoms with Crippen LogP contribution in [0.15, 0.2) is 74.2 Å². The van der Waals surface area contributed by atoms with E-state index in [0.29, 0.717) is 11.7 Å². The predicted molar refractivity (Wildman–Crippen MR) is 116 cm³/mol. The van der Waals surface area contributed by atoms with Crippen LogP contribution < -0.4 is 0 Å². The quantitative estimate of drug-likeness (QED) is 0.237. The third kappa shape index (κ3) is 3.91. The number of aliphatic imine (C=N–C) groups is 1. The van der Waals surface area contributed by atoms with E-state index < -0.39 is 5.97 Å². The van der Waals surface area contributed by atoms with E-state index in [1.54, 1.807) is 12.1 Å². The first-order valence-corrected chi connectivity index (χ1v) is 10.0. The van der Waals surface area contributed by atoms with Gasteiger partial charge in [-0.05, 0) is 77.5 Å². The molecule has 134 valence electrons. The molecule has 0 saturated heterocycles. The van der Waals surface area contributed by atoms with Gasteiger partial charge in [-0.15, -0.1) is 0 Å². The van der Waals surface area contributed by atoms with Gasteiger partial charge in [0.05, 0.1) is 0 Å². The molecule has 0 bridgehead atoms. The number of benzene rings is 2. The Morgan fingerprint density at radius 3 is 2.52 bits per heavy atom. The molecule has 0 saturated carbocycles. The molecule has 0 amide bonds. The summed E-state index contributed by atoms with van der Waals surface area (Å²) < 4.78 is 13.3. The Morgan fingerprint density at radius 2 is 1.78 bits per heavy atom. The van der Waals surface area contributed by atoms with Gasteiger partial charge in [-0.25, -0.2) is 9.79 Å². The van der Waals surface area contributed by atoms with Crippen molar-refractivity contribution in [2.24, 2.45) is 4.99 Å². The Bertz CT molecular complexity index is 1100. The summed E-state index contributed by atoms with van der Waals surface area (Å²) in [7, 11) is 0. The first kappa shape index (κ1) is 18.2. The van der Waals surface area contributed by atoms with Crippen molar-refractivity contribution in [1.82, 2.24) is 0 Å². The van der Waals surface area contributed by atoms with Gasteiger partial charge in [-0.1, -0.05) is 28.1 Å². The van der Waals surface area contributed by atoms with E-state index in [9.17, 15) is 4.79 Å². The van der Waals surface area contributed by atoms with E-state index in [0.717, 1.165) is 30.5 Å². The van der Waals surface area contributed by atoms with E-state index in [2.05, 4.69) is 43.5 Å². The number of cyclic esters (lactones) is 1. The molecule has 0 radical (unpaired) electrons. The van der Waals surface area contributed by atoms with Crippen LogP contribution in [-0.4, -0.2) is 11.9 Å². The topological polar surface area (TPSA) is 51.8 Å². The smallest absolute Gasteiger partial charge is 0.363 e. The van der Waals surface area contributed by atoms with Crippen LogP contribution in [0.2, 0.25) is 0 Å². The highest BCUT2D eigenvalue weighted by molar-refractivity contribution is 14.1. The summed E-state index contributed by atoms with van der Waals surface area (Å²) in [5.74, 6) is 1.09. The van der Waals surface area contributed by atoms with Crippen molar-refractivity contribution < 1.29 is 13.9 Å². The Morgan fingerprint density at radius 1 is 1.04 bits per heavy atom. The van der Waals surface area contributed by atoms with Crippen molar-refractivity contribution >= 4 is 56.5 Å². The summed E-state index contributed by atoms with van der Waals surface area (Å²) in [6.07, 6.45) is 1.59. The van der Waals surface area contributed by atoms with Crippen molar-refractivity contribution in [3.05, 3.63) is 85.2 Å². The number of esters is 1. The van der Waals surface area contributed by atoms with Gasteiger partial charge in [0, 0.05) is 25.2 Å². The zero-order valence-electron chi connectivity index (χ0n) is 14.2. The SMILES string of the molecule is Cc1cc(C2=N/C(=C\c3ccc(-c4ccc(Br)cc4)o3)C(=O)O2)ccc1I. The Hall–Kier alpha value is -2.19. The number of aryl methyl sites for hydroxylation is 1. The maximum Gasteiger partial charge on any atom is 0.363 e. The zero-order valence-corrected chi connectivity index (χ0v) is 17.9. The number of halogens is 2. The maximum absolute atomic E-state index is 12.2. The third-order valence-electron chi connectivity index (χ3n) is 4.06. The normalized spacial score (nSPS) is 15.1. The summed E-state index contributed by atoms with van der Waals surface area (Å²) in [4.78, 5) is 16.5. The van der Waals surface area contributed by atoms with Crippen LogP contribution in [0.5, 0.6) is 0 Å². The highest BCUT2D eigenvalue weighted by atomic mass is 127. The van der Waals surface area contributed by atoms with Crippen molar-refractivity contribution in [2.75, 3.05) is 0 Å². The number of ether oxygens (including phenoxy) is 1. The average molecular weight is 534 g/mol. The molecular formula is C21H13BrINO3. The molecule has 0 fully saturated rings. The second kappa shape index (κ2) is 7.44. The largest absolute Gasteiger partial charge is 0.457 e. The molecular weight excluding hydrogens is 521 g/mol. The van der Waals surface area contributed by atoms with E-state index >= 15 is 0 Å². The molecule has 1 aliphatic heterocycles. The van der Waals surface area contributed by atoms with Gasteiger partial charge in [0.15, 0.2) is 5.70 Å². The number of rotatable bonds is 3. The minimum atomic E-state index is -0.484. The van der Waals surface area contributed by atoms with Crippen LogP contribution in [0.4, 0.5) is 0 Å². The lowest BCUT2D eigenvalue weighted by Crippen LogP contribution is -2.05. The number of carbonyl (C=O) groups excluding carboxylic acids is 1. The fourth-order valence-electron chi connectivity index (χ4n) is 2.64. The second-order valence-electron chi connectivity index (χ2n) is 6.01. The molecule has 2 aromatic carbocycles. The van der Waals surface area contributed by atoms with Crippen LogP contribution >= 0.6 is 38.5 Å². The number of carbonyl (C=O) groups is 1. The molecule has 6 heteroatoms. The fraction of sp³-hybridized carbons (Fsp3) is 0.0476. The lowest BCUT2D eigenvalue weighted by atomic mass is 10.1. The summed E-state index contributed by atoms with van der Waals surface area (Å²) >= 11 is 5.68. The van der Waals surface area contributed by atoms with Crippen LogP contribution in [0.1, 0.15) is 16.9 Å². The van der Waals surface area contributed by atoms with Gasteiger partial charge in [0.1, 0.15) is 11.5 Å². The number of hydrogen-bond donors (Lipinski definition) is 0. The average Bonchev–Trinajstić information content (AvgIpc) is 3.26. The van der Waals surface area contributed by atoms with Crippen molar-refractivity contribution in [3.63, 3.8) is 0 Å². The minimum absolute atomic E-state index is 0.220. The van der Waals surface area contributed by atoms with Crippen molar-refractivity contribution in [3.8, 4) is 11.3 Å². The molecule has 0 aliphatic carbocycles. The van der Waals surface area contributed by atoms with E-state index in [-0.39, 0.29) is 5.70 Å². The predicted octanol–water partition coefficient (Wildman–Crippen LogP) is 5.97. The van der Waals surface area contributed by atoms with Gasteiger partial charge in [0.25, 0.3) is 0 Å². The van der Waals surface area contributed by atoms with E-state index in [1.165, 1.54) is 0 Å². The van der Waals surface area contributed by atoms with Gasteiger partial charge in [-0.2, -0.15) is 0 Å². The monoisotopic (exact) mass is 533 g/mol. The van der Waals surface area contributed by atoms with Crippen molar-refractivity contribution in [1.29, 1.82) is 0 Å². The molecule has 0 unspecified atom stereocenters. The maximum atomic E-state index is 12.2. The minimum Gasteiger partial charge on any atom is -0.457 e. The fourth-order valence-corrected chi connectivity index (χ4v) is 3.24. The number of furan rings is 1.